The summed E-state index contributed by atoms with van der Waals surface area (Å²) >= 11 is 0. The molecule has 0 saturated carbocycles. The molecular formula is C20H31N7O. The molecule has 0 bridgehead atoms. The van der Waals surface area contributed by atoms with Gasteiger partial charge in [0.15, 0.2) is 0 Å². The first-order valence-corrected chi connectivity index (χ1v) is 9.80. The van der Waals surface area contributed by atoms with Crippen molar-refractivity contribution in [2.45, 2.75) is 32.7 Å². The van der Waals surface area contributed by atoms with Crippen molar-refractivity contribution in [3.63, 3.8) is 0 Å². The van der Waals surface area contributed by atoms with Crippen molar-refractivity contribution in [1.82, 2.24) is 24.6 Å². The van der Waals surface area contributed by atoms with Crippen molar-refractivity contribution in [1.29, 1.82) is 0 Å². The second-order valence-electron chi connectivity index (χ2n) is 8.47. The highest BCUT2D eigenvalue weighted by molar-refractivity contribution is 5.43. The summed E-state index contributed by atoms with van der Waals surface area (Å²) in [7, 11) is 3.89. The van der Waals surface area contributed by atoms with Crippen molar-refractivity contribution in [2.75, 3.05) is 56.6 Å². The Kier molecular flexibility index (Phi) is 5.98. The van der Waals surface area contributed by atoms with Gasteiger partial charge in [0, 0.05) is 64.5 Å². The molecule has 3 rings (SSSR count). The molecule has 2 aromatic rings. The summed E-state index contributed by atoms with van der Waals surface area (Å²) in [6, 6.07) is 5.43. The minimum atomic E-state index is -0.0654. The molecule has 8 heteroatoms. The van der Waals surface area contributed by atoms with Gasteiger partial charge in [0.2, 0.25) is 5.95 Å². The van der Waals surface area contributed by atoms with Crippen LogP contribution in [0.4, 0.5) is 11.8 Å². The van der Waals surface area contributed by atoms with Gasteiger partial charge in [-0.25, -0.2) is 9.67 Å². The first-order valence-electron chi connectivity index (χ1n) is 9.80. The van der Waals surface area contributed by atoms with E-state index in [-0.39, 0.29) is 11.0 Å². The molecule has 1 saturated heterocycles. The van der Waals surface area contributed by atoms with Gasteiger partial charge in [0.25, 0.3) is 5.56 Å². The summed E-state index contributed by atoms with van der Waals surface area (Å²) in [5.74, 6) is 1.69. The van der Waals surface area contributed by atoms with E-state index in [2.05, 4.69) is 45.6 Å². The Bertz CT molecular complexity index is 848. The molecule has 152 valence electrons. The Labute approximate surface area is 166 Å². The summed E-state index contributed by atoms with van der Waals surface area (Å²) in [4.78, 5) is 27.6. The van der Waals surface area contributed by atoms with E-state index >= 15 is 0 Å². The maximum absolute atomic E-state index is 12.2. The normalized spacial score (nSPS) is 15.7. The maximum atomic E-state index is 12.2. The second-order valence-corrected chi connectivity index (χ2v) is 8.47. The lowest BCUT2D eigenvalue weighted by Gasteiger charge is -2.35. The lowest BCUT2D eigenvalue weighted by atomic mass is 9.92. The predicted molar refractivity (Wildman–Crippen MR) is 112 cm³/mol. The highest BCUT2D eigenvalue weighted by Gasteiger charge is 2.20. The van der Waals surface area contributed by atoms with Crippen LogP contribution in [0.2, 0.25) is 0 Å². The number of aromatic nitrogens is 4. The van der Waals surface area contributed by atoms with E-state index < -0.39 is 0 Å². The van der Waals surface area contributed by atoms with E-state index in [1.807, 2.05) is 37.3 Å². The van der Waals surface area contributed by atoms with Crippen molar-refractivity contribution in [2.24, 2.45) is 0 Å². The Balaban J connectivity index is 1.57. The summed E-state index contributed by atoms with van der Waals surface area (Å²) in [5, 5.41) is 4.56. The van der Waals surface area contributed by atoms with Crippen molar-refractivity contribution in [3.05, 3.63) is 40.4 Å². The number of piperazine rings is 1. The topological polar surface area (TPSA) is 70.4 Å². The van der Waals surface area contributed by atoms with Gasteiger partial charge in [0.05, 0.1) is 12.2 Å². The maximum Gasteiger partial charge on any atom is 0.266 e. The van der Waals surface area contributed by atoms with E-state index in [0.29, 0.717) is 6.54 Å². The van der Waals surface area contributed by atoms with Crippen LogP contribution >= 0.6 is 0 Å². The van der Waals surface area contributed by atoms with Gasteiger partial charge >= 0.3 is 0 Å². The van der Waals surface area contributed by atoms with Crippen molar-refractivity contribution < 1.29 is 0 Å². The number of hydrogen-bond acceptors (Lipinski definition) is 7. The molecule has 0 aromatic carbocycles. The van der Waals surface area contributed by atoms with Gasteiger partial charge in [-0.2, -0.15) is 10.1 Å². The molecular weight excluding hydrogens is 354 g/mol. The van der Waals surface area contributed by atoms with Gasteiger partial charge in [-0.3, -0.25) is 9.69 Å². The molecule has 0 atom stereocenters. The van der Waals surface area contributed by atoms with Crippen LogP contribution in [0.25, 0.3) is 0 Å². The molecule has 1 aliphatic rings. The highest BCUT2D eigenvalue weighted by Crippen LogP contribution is 2.18. The monoisotopic (exact) mass is 385 g/mol. The lowest BCUT2D eigenvalue weighted by molar-refractivity contribution is 0.241. The number of hydrogen-bond donors (Lipinski definition) is 0. The van der Waals surface area contributed by atoms with E-state index in [1.165, 1.54) is 0 Å². The molecule has 0 radical (unpaired) electrons. The minimum Gasteiger partial charge on any atom is -0.354 e. The molecule has 0 unspecified atom stereocenters. The van der Waals surface area contributed by atoms with Crippen LogP contribution in [-0.4, -0.2) is 71.5 Å². The summed E-state index contributed by atoms with van der Waals surface area (Å²) < 4.78 is 1.60. The fourth-order valence-electron chi connectivity index (χ4n) is 3.18. The average molecular weight is 386 g/mol. The molecule has 0 aliphatic carbocycles. The third-order valence-electron chi connectivity index (χ3n) is 4.99. The van der Waals surface area contributed by atoms with Crippen LogP contribution in [-0.2, 0) is 12.0 Å². The predicted octanol–water partition coefficient (Wildman–Crippen LogP) is 1.22. The fourth-order valence-corrected chi connectivity index (χ4v) is 3.18. The van der Waals surface area contributed by atoms with Crippen LogP contribution < -0.4 is 15.4 Å². The highest BCUT2D eigenvalue weighted by atomic mass is 16.1. The summed E-state index contributed by atoms with van der Waals surface area (Å²) in [6.07, 6.45) is 1.81. The van der Waals surface area contributed by atoms with Crippen LogP contribution in [0.15, 0.2) is 29.2 Å². The Morgan fingerprint density at radius 2 is 1.75 bits per heavy atom. The van der Waals surface area contributed by atoms with Crippen LogP contribution in [0.1, 0.15) is 26.5 Å². The Morgan fingerprint density at radius 3 is 2.39 bits per heavy atom. The molecule has 0 amide bonds. The van der Waals surface area contributed by atoms with E-state index in [1.54, 1.807) is 10.7 Å². The van der Waals surface area contributed by atoms with Crippen LogP contribution in [0.3, 0.4) is 0 Å². The quantitative estimate of drug-likeness (QED) is 0.766. The van der Waals surface area contributed by atoms with Crippen molar-refractivity contribution in [3.8, 4) is 0 Å². The zero-order valence-electron chi connectivity index (χ0n) is 17.6. The molecule has 3 heterocycles. The van der Waals surface area contributed by atoms with Gasteiger partial charge < -0.3 is 9.80 Å². The molecule has 1 aliphatic heterocycles. The summed E-state index contributed by atoms with van der Waals surface area (Å²) in [6.45, 7) is 11.5. The van der Waals surface area contributed by atoms with Gasteiger partial charge in [-0.1, -0.05) is 20.8 Å². The molecule has 0 spiro atoms. The number of rotatable bonds is 5. The van der Waals surface area contributed by atoms with E-state index in [9.17, 15) is 4.79 Å². The summed E-state index contributed by atoms with van der Waals surface area (Å²) in [5.41, 5.74) is 0.838. The van der Waals surface area contributed by atoms with Gasteiger partial charge in [-0.15, -0.1) is 0 Å². The van der Waals surface area contributed by atoms with Crippen LogP contribution in [0, 0.1) is 0 Å². The van der Waals surface area contributed by atoms with E-state index in [0.717, 1.165) is 50.2 Å². The number of nitrogens with zero attached hydrogens (tertiary/aromatic N) is 7. The first-order chi connectivity index (χ1) is 13.2. The zero-order chi connectivity index (χ0) is 20.3. The Hall–Kier alpha value is -2.48. The third-order valence-corrected chi connectivity index (χ3v) is 4.99. The van der Waals surface area contributed by atoms with E-state index in [4.69, 9.17) is 0 Å². The van der Waals surface area contributed by atoms with Crippen LogP contribution in [0.5, 0.6) is 0 Å². The Morgan fingerprint density at radius 1 is 1.04 bits per heavy atom. The largest absolute Gasteiger partial charge is 0.354 e. The molecule has 1 fully saturated rings. The minimum absolute atomic E-state index is 0.0381. The fraction of sp³-hybridized carbons (Fsp3) is 0.600. The third kappa shape index (κ3) is 4.86. The average Bonchev–Trinajstić information content (AvgIpc) is 2.67. The van der Waals surface area contributed by atoms with Gasteiger partial charge in [-0.05, 0) is 12.1 Å². The zero-order valence-corrected chi connectivity index (χ0v) is 17.6. The standard InChI is InChI=1S/C20H31N7O/c1-20(2,3)16-6-7-18(28)27(23-16)15-12-25-10-13-26(14-11-25)17-8-9-21-19(22-17)24(4)5/h6-9H,10-15H2,1-5H3. The second kappa shape index (κ2) is 8.26. The number of anilines is 2. The smallest absolute Gasteiger partial charge is 0.266 e. The van der Waals surface area contributed by atoms with Crippen molar-refractivity contribution >= 4 is 11.8 Å². The lowest BCUT2D eigenvalue weighted by Crippen LogP contribution is -2.48. The first kappa shape index (κ1) is 20.3. The molecule has 2 aromatic heterocycles. The SMILES string of the molecule is CN(C)c1nccc(N2CCN(CCn3nc(C(C)(C)C)ccc3=O)CC2)n1. The molecule has 0 N–H and O–H groups in total. The van der Waals surface area contributed by atoms with Gasteiger partial charge in [0.1, 0.15) is 5.82 Å². The molecule has 8 nitrogen and oxygen atoms in total. The molecule has 28 heavy (non-hydrogen) atoms.